The molecule has 0 bridgehead atoms. The molecule has 1 aliphatic carbocycles. The van der Waals surface area contributed by atoms with E-state index in [0.717, 1.165) is 18.2 Å². The van der Waals surface area contributed by atoms with Crippen LogP contribution in [0.25, 0.3) is 0 Å². The molecule has 0 atom stereocenters. The first-order chi connectivity index (χ1) is 9.40. The number of hydrogen-bond acceptors (Lipinski definition) is 4. The van der Waals surface area contributed by atoms with Gasteiger partial charge in [0.1, 0.15) is 5.82 Å². The summed E-state index contributed by atoms with van der Waals surface area (Å²) >= 11 is 0. The molecule has 2 N–H and O–H groups in total. The van der Waals surface area contributed by atoms with Crippen LogP contribution < -0.4 is 5.32 Å². The minimum Gasteiger partial charge on any atom is -0.350 e. The second-order valence-corrected chi connectivity index (χ2v) is 5.12. The molecule has 0 saturated heterocycles. The largest absolute Gasteiger partial charge is 0.350 e. The second kappa shape index (κ2) is 5.82. The van der Waals surface area contributed by atoms with E-state index in [4.69, 9.17) is 0 Å². The van der Waals surface area contributed by atoms with Gasteiger partial charge in [0.15, 0.2) is 0 Å². The first-order valence-electron chi connectivity index (χ1n) is 6.97. The van der Waals surface area contributed by atoms with Crippen molar-refractivity contribution in [1.82, 2.24) is 20.2 Å². The molecule has 0 radical (unpaired) electrons. The summed E-state index contributed by atoms with van der Waals surface area (Å²) in [6.07, 6.45) is 10.8. The summed E-state index contributed by atoms with van der Waals surface area (Å²) in [5.41, 5.74) is 1.19. The standard InChI is InChI=1S/C14H19N5/c1-2-4-12(5-3-1)16-14-17-13(18-19-14)10-11-6-8-15-9-7-11/h6-9,12H,1-5,10H2,(H2,16,17,18,19). The Morgan fingerprint density at radius 2 is 1.95 bits per heavy atom. The number of nitrogens with zero attached hydrogens (tertiary/aromatic N) is 3. The molecule has 5 heteroatoms. The summed E-state index contributed by atoms with van der Waals surface area (Å²) < 4.78 is 0. The lowest BCUT2D eigenvalue weighted by atomic mass is 9.96. The van der Waals surface area contributed by atoms with Gasteiger partial charge in [-0.3, -0.25) is 10.1 Å². The van der Waals surface area contributed by atoms with Crippen LogP contribution in [0.3, 0.4) is 0 Å². The van der Waals surface area contributed by atoms with Crippen LogP contribution in [0.1, 0.15) is 43.5 Å². The number of hydrogen-bond donors (Lipinski definition) is 2. The third-order valence-corrected chi connectivity index (χ3v) is 3.59. The molecule has 2 aromatic heterocycles. The van der Waals surface area contributed by atoms with Crippen LogP contribution in [0.15, 0.2) is 24.5 Å². The predicted octanol–water partition coefficient (Wildman–Crippen LogP) is 2.54. The van der Waals surface area contributed by atoms with Gasteiger partial charge in [-0.1, -0.05) is 19.3 Å². The highest BCUT2D eigenvalue weighted by atomic mass is 15.3. The van der Waals surface area contributed by atoms with E-state index in [9.17, 15) is 0 Å². The molecule has 2 aromatic rings. The van der Waals surface area contributed by atoms with Crippen LogP contribution in [0.5, 0.6) is 0 Å². The Balaban J connectivity index is 1.59. The highest BCUT2D eigenvalue weighted by Gasteiger charge is 2.14. The maximum atomic E-state index is 4.50. The SMILES string of the molecule is c1cc(Cc2nc(NC3CCCCC3)n[nH]2)ccn1. The lowest BCUT2D eigenvalue weighted by Crippen LogP contribution is -2.22. The summed E-state index contributed by atoms with van der Waals surface area (Å²) in [6, 6.07) is 4.53. The molecule has 0 aromatic carbocycles. The van der Waals surface area contributed by atoms with Crippen molar-refractivity contribution < 1.29 is 0 Å². The van der Waals surface area contributed by atoms with Crippen LogP contribution in [0.4, 0.5) is 5.95 Å². The van der Waals surface area contributed by atoms with Gasteiger partial charge in [-0.05, 0) is 30.5 Å². The number of H-pyrrole nitrogens is 1. The van der Waals surface area contributed by atoms with Crippen LogP contribution in [0.2, 0.25) is 0 Å². The van der Waals surface area contributed by atoms with Crippen molar-refractivity contribution in [1.29, 1.82) is 0 Å². The fraction of sp³-hybridized carbons (Fsp3) is 0.500. The Morgan fingerprint density at radius 3 is 2.74 bits per heavy atom. The lowest BCUT2D eigenvalue weighted by molar-refractivity contribution is 0.461. The minimum absolute atomic E-state index is 0.540. The van der Waals surface area contributed by atoms with Crippen molar-refractivity contribution in [2.45, 2.75) is 44.6 Å². The molecule has 1 saturated carbocycles. The third-order valence-electron chi connectivity index (χ3n) is 3.59. The summed E-state index contributed by atoms with van der Waals surface area (Å²) in [5, 5.41) is 10.7. The van der Waals surface area contributed by atoms with Crippen molar-refractivity contribution in [3.05, 3.63) is 35.9 Å². The molecular weight excluding hydrogens is 238 g/mol. The smallest absolute Gasteiger partial charge is 0.242 e. The van der Waals surface area contributed by atoms with E-state index in [1.54, 1.807) is 12.4 Å². The van der Waals surface area contributed by atoms with Crippen molar-refractivity contribution in [3.63, 3.8) is 0 Å². The van der Waals surface area contributed by atoms with Crippen LogP contribution in [-0.4, -0.2) is 26.2 Å². The van der Waals surface area contributed by atoms with Gasteiger partial charge >= 0.3 is 0 Å². The molecule has 1 fully saturated rings. The molecule has 1 aliphatic rings. The van der Waals surface area contributed by atoms with Crippen molar-refractivity contribution in [2.24, 2.45) is 0 Å². The zero-order valence-corrected chi connectivity index (χ0v) is 11.0. The van der Waals surface area contributed by atoms with E-state index < -0.39 is 0 Å². The molecule has 100 valence electrons. The highest BCUT2D eigenvalue weighted by molar-refractivity contribution is 5.26. The van der Waals surface area contributed by atoms with E-state index in [1.807, 2.05) is 12.1 Å². The molecule has 0 spiro atoms. The zero-order chi connectivity index (χ0) is 12.9. The first kappa shape index (κ1) is 12.1. The molecule has 5 nitrogen and oxygen atoms in total. The predicted molar refractivity (Wildman–Crippen MR) is 73.9 cm³/mol. The number of anilines is 1. The molecule has 19 heavy (non-hydrogen) atoms. The zero-order valence-electron chi connectivity index (χ0n) is 11.0. The number of pyridine rings is 1. The lowest BCUT2D eigenvalue weighted by Gasteiger charge is -2.21. The Morgan fingerprint density at radius 1 is 1.16 bits per heavy atom. The highest BCUT2D eigenvalue weighted by Crippen LogP contribution is 2.20. The maximum Gasteiger partial charge on any atom is 0.242 e. The fourth-order valence-electron chi connectivity index (χ4n) is 2.56. The normalized spacial score (nSPS) is 16.4. The van der Waals surface area contributed by atoms with E-state index in [1.165, 1.54) is 37.7 Å². The molecule has 0 amide bonds. The Kier molecular flexibility index (Phi) is 3.72. The Labute approximate surface area is 112 Å². The van der Waals surface area contributed by atoms with Crippen LogP contribution in [-0.2, 0) is 6.42 Å². The molecular formula is C14H19N5. The summed E-state index contributed by atoms with van der Waals surface area (Å²) in [6.45, 7) is 0. The van der Waals surface area contributed by atoms with E-state index in [2.05, 4.69) is 25.5 Å². The van der Waals surface area contributed by atoms with Gasteiger partial charge in [0.05, 0.1) is 0 Å². The van der Waals surface area contributed by atoms with Crippen LogP contribution >= 0.6 is 0 Å². The number of rotatable bonds is 4. The summed E-state index contributed by atoms with van der Waals surface area (Å²) in [7, 11) is 0. The molecule has 0 aliphatic heterocycles. The van der Waals surface area contributed by atoms with E-state index in [0.29, 0.717) is 6.04 Å². The van der Waals surface area contributed by atoms with Gasteiger partial charge in [-0.15, -0.1) is 5.10 Å². The van der Waals surface area contributed by atoms with Crippen molar-refractivity contribution in [2.75, 3.05) is 5.32 Å². The summed E-state index contributed by atoms with van der Waals surface area (Å²) in [4.78, 5) is 8.51. The number of aromatic amines is 1. The van der Waals surface area contributed by atoms with Crippen molar-refractivity contribution >= 4 is 5.95 Å². The van der Waals surface area contributed by atoms with Crippen molar-refractivity contribution in [3.8, 4) is 0 Å². The minimum atomic E-state index is 0.540. The van der Waals surface area contributed by atoms with Gasteiger partial charge in [-0.2, -0.15) is 4.98 Å². The quantitative estimate of drug-likeness (QED) is 0.883. The molecule has 0 unspecified atom stereocenters. The average Bonchev–Trinajstić information content (AvgIpc) is 2.88. The topological polar surface area (TPSA) is 66.5 Å². The van der Waals surface area contributed by atoms with Gasteiger partial charge in [0.2, 0.25) is 5.95 Å². The van der Waals surface area contributed by atoms with Gasteiger partial charge in [0, 0.05) is 24.9 Å². The fourth-order valence-corrected chi connectivity index (χ4v) is 2.56. The second-order valence-electron chi connectivity index (χ2n) is 5.12. The third kappa shape index (κ3) is 3.30. The van der Waals surface area contributed by atoms with E-state index in [-0.39, 0.29) is 0 Å². The van der Waals surface area contributed by atoms with Gasteiger partial charge < -0.3 is 5.32 Å². The molecule has 3 rings (SSSR count). The number of aromatic nitrogens is 4. The monoisotopic (exact) mass is 257 g/mol. The average molecular weight is 257 g/mol. The van der Waals surface area contributed by atoms with Crippen LogP contribution in [0, 0.1) is 0 Å². The Bertz CT molecular complexity index is 502. The van der Waals surface area contributed by atoms with Gasteiger partial charge in [0.25, 0.3) is 0 Å². The van der Waals surface area contributed by atoms with E-state index >= 15 is 0 Å². The summed E-state index contributed by atoms with van der Waals surface area (Å²) in [5.74, 6) is 1.63. The molecule has 2 heterocycles. The van der Waals surface area contributed by atoms with Gasteiger partial charge in [-0.25, -0.2) is 0 Å². The maximum absolute atomic E-state index is 4.50. The first-order valence-corrected chi connectivity index (χ1v) is 6.97. The Hall–Kier alpha value is -1.91. The number of nitrogens with one attached hydrogen (secondary N) is 2.